The number of aromatic nitrogens is 5. The second-order valence-electron chi connectivity index (χ2n) is 13.6. The summed E-state index contributed by atoms with van der Waals surface area (Å²) >= 11 is 0. The minimum atomic E-state index is -5.08. The summed E-state index contributed by atoms with van der Waals surface area (Å²) in [6.07, 6.45) is -3.05. The standard InChI is InChI=1S/C29H32F2N8O.2C2HF3O2/c1-16-3-6-22-20(11-33-37-22)23(16)26-24(31)25-21(10-32-26)27(38-13-18-4-5-19(14-38)34-18)36-28(35-25)40-15-29-7-2-8-39(29)12-17(30)9-29;2*3-2(4,5)1(6)7/h3,6,10-11,17-19,34H,2,4-5,7-9,12-15H2,1H3,(H,33,37);2*(H,6,7)/t17?,18-,19+,29?;;. The Morgan fingerprint density at radius 1 is 0.981 bits per heavy atom. The number of aromatic amines is 1. The van der Waals surface area contributed by atoms with Crippen molar-refractivity contribution in [2.45, 2.75) is 75.2 Å². The Kier molecular flexibility index (Phi) is 10.6. The largest absolute Gasteiger partial charge is 0.490 e. The minimum Gasteiger partial charge on any atom is -0.475 e. The number of aryl methyl sites for hydroxylation is 1. The van der Waals surface area contributed by atoms with E-state index in [1.54, 1.807) is 12.4 Å². The van der Waals surface area contributed by atoms with Gasteiger partial charge in [0.2, 0.25) is 0 Å². The van der Waals surface area contributed by atoms with Crippen LogP contribution in [0.2, 0.25) is 0 Å². The lowest BCUT2D eigenvalue weighted by molar-refractivity contribution is -0.193. The van der Waals surface area contributed by atoms with Crippen molar-refractivity contribution >= 4 is 39.6 Å². The van der Waals surface area contributed by atoms with Crippen molar-refractivity contribution in [2.24, 2.45) is 0 Å². The molecule has 0 radical (unpaired) electrons. The van der Waals surface area contributed by atoms with E-state index in [1.807, 2.05) is 19.1 Å². The number of hydrogen-bond acceptors (Lipinski definition) is 10. The summed E-state index contributed by atoms with van der Waals surface area (Å²) in [5, 5.41) is 26.4. The lowest BCUT2D eigenvalue weighted by atomic mass is 9.95. The van der Waals surface area contributed by atoms with Crippen LogP contribution < -0.4 is 15.0 Å². The zero-order valence-corrected chi connectivity index (χ0v) is 28.4. The first kappa shape index (κ1) is 38.8. The SMILES string of the molecule is Cc1ccc2[nH]ncc2c1-c1ncc2c(N3C[C@H]4CC[C@@H](C3)N4)nc(OCC34CCCN3CC(F)C4)nc2c1F.O=C(O)C(F)(F)F.O=C(O)C(F)(F)F. The maximum Gasteiger partial charge on any atom is 0.490 e. The third-order valence-corrected chi connectivity index (χ3v) is 9.94. The molecule has 2 bridgehead atoms. The number of pyridine rings is 1. The molecule has 3 aromatic heterocycles. The fourth-order valence-corrected chi connectivity index (χ4v) is 7.56. The number of nitrogens with zero attached hydrogens (tertiary/aromatic N) is 6. The quantitative estimate of drug-likeness (QED) is 0.197. The number of anilines is 1. The molecule has 4 aliphatic rings. The number of fused-ring (bicyclic) bond motifs is 5. The number of rotatable bonds is 5. The Bertz CT molecular complexity index is 2010. The summed E-state index contributed by atoms with van der Waals surface area (Å²) in [6.45, 7) is 5.10. The first-order chi connectivity index (χ1) is 25.4. The van der Waals surface area contributed by atoms with Crippen LogP contribution in [0.3, 0.4) is 0 Å². The van der Waals surface area contributed by atoms with Gasteiger partial charge < -0.3 is 25.2 Å². The van der Waals surface area contributed by atoms with Crippen LogP contribution in [-0.2, 0) is 9.59 Å². The average molecular weight is 775 g/mol. The third kappa shape index (κ3) is 7.96. The monoisotopic (exact) mass is 774 g/mol. The Morgan fingerprint density at radius 2 is 1.63 bits per heavy atom. The Hall–Kier alpha value is -4.92. The van der Waals surface area contributed by atoms with Gasteiger partial charge in [-0.05, 0) is 50.8 Å². The summed E-state index contributed by atoms with van der Waals surface area (Å²) in [4.78, 5) is 36.3. The smallest absolute Gasteiger partial charge is 0.475 e. The van der Waals surface area contributed by atoms with E-state index in [4.69, 9.17) is 29.5 Å². The number of hydrogen-bond donors (Lipinski definition) is 4. The van der Waals surface area contributed by atoms with Crippen LogP contribution in [0.5, 0.6) is 6.01 Å². The number of aliphatic carboxylic acids is 2. The van der Waals surface area contributed by atoms with Gasteiger partial charge in [-0.1, -0.05) is 6.07 Å². The Morgan fingerprint density at radius 3 is 2.26 bits per heavy atom. The number of benzene rings is 1. The number of H-pyrrole nitrogens is 1. The number of carboxylic acid groups (broad SMARTS) is 2. The molecule has 0 saturated carbocycles. The number of carboxylic acids is 2. The van der Waals surface area contributed by atoms with Gasteiger partial charge in [0.15, 0.2) is 5.82 Å². The molecule has 21 heteroatoms. The number of ether oxygens (including phenoxy) is 1. The van der Waals surface area contributed by atoms with Gasteiger partial charge in [-0.2, -0.15) is 41.4 Å². The molecule has 8 rings (SSSR count). The zero-order chi connectivity index (χ0) is 39.2. The summed E-state index contributed by atoms with van der Waals surface area (Å²) < 4.78 is 101. The third-order valence-electron chi connectivity index (χ3n) is 9.94. The topological polar surface area (TPSA) is 170 Å². The van der Waals surface area contributed by atoms with E-state index in [0.29, 0.717) is 41.8 Å². The average Bonchev–Trinajstić information content (AvgIpc) is 3.87. The highest BCUT2D eigenvalue weighted by atomic mass is 19.4. The molecular weight excluding hydrogens is 740 g/mol. The maximum absolute atomic E-state index is 16.5. The molecule has 54 heavy (non-hydrogen) atoms. The second-order valence-corrected chi connectivity index (χ2v) is 13.6. The molecule has 4 aromatic rings. The van der Waals surface area contributed by atoms with Gasteiger partial charge in [0, 0.05) is 55.3 Å². The normalized spacial score (nSPS) is 23.8. The van der Waals surface area contributed by atoms with Gasteiger partial charge in [-0.3, -0.25) is 15.0 Å². The number of carbonyl (C=O) groups is 2. The molecule has 1 aromatic carbocycles. The van der Waals surface area contributed by atoms with Gasteiger partial charge in [0.1, 0.15) is 29.8 Å². The van der Waals surface area contributed by atoms with Crippen molar-refractivity contribution in [1.29, 1.82) is 0 Å². The van der Waals surface area contributed by atoms with Crippen LogP contribution in [0.4, 0.5) is 40.9 Å². The summed E-state index contributed by atoms with van der Waals surface area (Å²) in [5.74, 6) is -5.38. The predicted molar refractivity (Wildman–Crippen MR) is 175 cm³/mol. The van der Waals surface area contributed by atoms with E-state index in [0.717, 1.165) is 61.8 Å². The molecule has 4 N–H and O–H groups in total. The predicted octanol–water partition coefficient (Wildman–Crippen LogP) is 5.18. The van der Waals surface area contributed by atoms with Gasteiger partial charge in [-0.25, -0.2) is 18.4 Å². The van der Waals surface area contributed by atoms with Crippen molar-refractivity contribution < 1.29 is 59.7 Å². The molecule has 13 nitrogen and oxygen atoms in total. The van der Waals surface area contributed by atoms with Gasteiger partial charge in [-0.15, -0.1) is 0 Å². The lowest BCUT2D eigenvalue weighted by Gasteiger charge is -2.34. The molecule has 2 unspecified atom stereocenters. The zero-order valence-electron chi connectivity index (χ0n) is 28.4. The van der Waals surface area contributed by atoms with Crippen LogP contribution in [0.25, 0.3) is 33.1 Å². The molecule has 0 spiro atoms. The Balaban J connectivity index is 0.000000304. The molecular formula is C33H34F8N8O5. The van der Waals surface area contributed by atoms with Crippen molar-refractivity contribution in [2.75, 3.05) is 37.7 Å². The molecule has 4 saturated heterocycles. The molecule has 292 valence electrons. The highest BCUT2D eigenvalue weighted by Gasteiger charge is 2.49. The second kappa shape index (κ2) is 14.7. The number of nitrogens with one attached hydrogen (secondary N) is 2. The van der Waals surface area contributed by atoms with E-state index >= 15 is 4.39 Å². The Labute approximate surface area is 300 Å². The van der Waals surface area contributed by atoms with Crippen molar-refractivity contribution in [1.82, 2.24) is 35.4 Å². The van der Waals surface area contributed by atoms with Crippen molar-refractivity contribution in [3.63, 3.8) is 0 Å². The van der Waals surface area contributed by atoms with E-state index in [1.165, 1.54) is 0 Å². The maximum atomic E-state index is 16.5. The number of halogens is 8. The van der Waals surface area contributed by atoms with E-state index in [9.17, 15) is 30.7 Å². The number of piperazine rings is 1. The summed E-state index contributed by atoms with van der Waals surface area (Å²) in [5.41, 5.74) is 2.47. The molecule has 4 fully saturated rings. The molecule has 4 atom stereocenters. The van der Waals surface area contributed by atoms with Crippen LogP contribution in [0, 0.1) is 12.7 Å². The highest BCUT2D eigenvalue weighted by molar-refractivity contribution is 5.98. The summed E-state index contributed by atoms with van der Waals surface area (Å²) in [7, 11) is 0. The van der Waals surface area contributed by atoms with Crippen LogP contribution in [0.1, 0.15) is 37.7 Å². The molecule has 7 heterocycles. The fraction of sp³-hybridized carbons (Fsp3) is 0.515. The van der Waals surface area contributed by atoms with Gasteiger partial charge in [0.25, 0.3) is 0 Å². The fourth-order valence-electron chi connectivity index (χ4n) is 7.56. The van der Waals surface area contributed by atoms with Crippen molar-refractivity contribution in [3.8, 4) is 17.3 Å². The van der Waals surface area contributed by atoms with Crippen LogP contribution in [0.15, 0.2) is 24.5 Å². The molecule has 0 amide bonds. The first-order valence-corrected chi connectivity index (χ1v) is 16.8. The first-order valence-electron chi connectivity index (χ1n) is 16.8. The van der Waals surface area contributed by atoms with Crippen molar-refractivity contribution in [3.05, 3.63) is 35.9 Å². The van der Waals surface area contributed by atoms with Crippen LogP contribution >= 0.6 is 0 Å². The van der Waals surface area contributed by atoms with E-state index in [2.05, 4.69) is 35.3 Å². The van der Waals surface area contributed by atoms with Gasteiger partial charge >= 0.3 is 30.3 Å². The summed E-state index contributed by atoms with van der Waals surface area (Å²) in [6, 6.07) is 4.74. The van der Waals surface area contributed by atoms with Crippen LogP contribution in [-0.4, -0.2) is 121 Å². The molecule has 4 aliphatic heterocycles. The highest BCUT2D eigenvalue weighted by Crippen LogP contribution is 2.41. The van der Waals surface area contributed by atoms with Gasteiger partial charge in [0.05, 0.1) is 22.6 Å². The van der Waals surface area contributed by atoms with E-state index in [-0.39, 0.29) is 29.4 Å². The molecule has 0 aliphatic carbocycles. The van der Waals surface area contributed by atoms with E-state index < -0.39 is 36.3 Å². The lowest BCUT2D eigenvalue weighted by Crippen LogP contribution is -2.51. The minimum absolute atomic E-state index is 0.131. The number of alkyl halides is 7.